The van der Waals surface area contributed by atoms with Crippen molar-refractivity contribution < 1.29 is 19.0 Å². The molecule has 1 aromatic rings. The maximum absolute atomic E-state index is 13.5. The molecule has 1 aromatic carbocycles. The Morgan fingerprint density at radius 1 is 1.53 bits per heavy atom. The number of halogens is 1. The number of carbonyl (C=O) groups is 1. The van der Waals surface area contributed by atoms with E-state index in [2.05, 4.69) is 5.32 Å². The van der Waals surface area contributed by atoms with E-state index >= 15 is 0 Å². The van der Waals surface area contributed by atoms with Crippen molar-refractivity contribution in [3.63, 3.8) is 0 Å². The van der Waals surface area contributed by atoms with Crippen molar-refractivity contribution in [3.05, 3.63) is 29.6 Å². The fourth-order valence-electron chi connectivity index (χ4n) is 2.37. The lowest BCUT2D eigenvalue weighted by Crippen LogP contribution is -2.44. The zero-order valence-corrected chi connectivity index (χ0v) is 10.9. The Morgan fingerprint density at radius 2 is 2.32 bits per heavy atom. The number of rotatable bonds is 4. The monoisotopic (exact) mass is 267 g/mol. The third-order valence-corrected chi connectivity index (χ3v) is 3.42. The van der Waals surface area contributed by atoms with Gasteiger partial charge < -0.3 is 15.2 Å². The Bertz CT molecular complexity index is 458. The molecule has 2 rings (SSSR count). The molecule has 1 fully saturated rings. The molecule has 1 saturated heterocycles. The van der Waals surface area contributed by atoms with Gasteiger partial charge in [-0.1, -0.05) is 12.5 Å². The first-order valence-electron chi connectivity index (χ1n) is 6.51. The van der Waals surface area contributed by atoms with Crippen LogP contribution in [0.15, 0.2) is 18.2 Å². The first-order chi connectivity index (χ1) is 9.09. The lowest BCUT2D eigenvalue weighted by molar-refractivity contribution is 0.0680. The third kappa shape index (κ3) is 3.23. The SMILES string of the molecule is CC(Oc1cccc(F)c1C(=O)O)C1CCCCN1. The van der Waals surface area contributed by atoms with E-state index in [4.69, 9.17) is 9.84 Å². The van der Waals surface area contributed by atoms with Crippen molar-refractivity contribution in [2.45, 2.75) is 38.3 Å². The van der Waals surface area contributed by atoms with E-state index < -0.39 is 17.3 Å². The second kappa shape index (κ2) is 6.02. The van der Waals surface area contributed by atoms with Gasteiger partial charge in [-0.3, -0.25) is 0 Å². The molecule has 1 aliphatic rings. The van der Waals surface area contributed by atoms with Crippen LogP contribution in [0.2, 0.25) is 0 Å². The molecule has 104 valence electrons. The number of carboxylic acid groups (broad SMARTS) is 1. The van der Waals surface area contributed by atoms with Gasteiger partial charge in [0.25, 0.3) is 0 Å². The average Bonchev–Trinajstić information content (AvgIpc) is 2.39. The molecular weight excluding hydrogens is 249 g/mol. The van der Waals surface area contributed by atoms with Crippen molar-refractivity contribution in [1.82, 2.24) is 5.32 Å². The highest BCUT2D eigenvalue weighted by Gasteiger charge is 2.24. The van der Waals surface area contributed by atoms with Crippen LogP contribution in [-0.2, 0) is 0 Å². The second-order valence-electron chi connectivity index (χ2n) is 4.80. The minimum Gasteiger partial charge on any atom is -0.488 e. The Balaban J connectivity index is 2.14. The van der Waals surface area contributed by atoms with Gasteiger partial charge in [0.15, 0.2) is 0 Å². The number of benzene rings is 1. The highest BCUT2D eigenvalue weighted by Crippen LogP contribution is 2.24. The molecule has 19 heavy (non-hydrogen) atoms. The summed E-state index contributed by atoms with van der Waals surface area (Å²) in [5, 5.41) is 12.4. The summed E-state index contributed by atoms with van der Waals surface area (Å²) in [6.07, 6.45) is 3.06. The van der Waals surface area contributed by atoms with Crippen LogP contribution in [0.5, 0.6) is 5.75 Å². The summed E-state index contributed by atoms with van der Waals surface area (Å²) >= 11 is 0. The minimum absolute atomic E-state index is 0.0902. The molecule has 4 nitrogen and oxygen atoms in total. The van der Waals surface area contributed by atoms with Crippen molar-refractivity contribution in [2.75, 3.05) is 6.54 Å². The van der Waals surface area contributed by atoms with Gasteiger partial charge in [0.1, 0.15) is 23.2 Å². The molecule has 0 aliphatic carbocycles. The zero-order valence-electron chi connectivity index (χ0n) is 10.9. The zero-order chi connectivity index (χ0) is 13.8. The van der Waals surface area contributed by atoms with Crippen LogP contribution in [0.1, 0.15) is 36.5 Å². The molecule has 2 atom stereocenters. The maximum atomic E-state index is 13.5. The van der Waals surface area contributed by atoms with E-state index in [-0.39, 0.29) is 17.9 Å². The summed E-state index contributed by atoms with van der Waals surface area (Å²) in [4.78, 5) is 11.1. The molecule has 2 N–H and O–H groups in total. The number of nitrogens with one attached hydrogen (secondary N) is 1. The van der Waals surface area contributed by atoms with E-state index in [1.54, 1.807) is 0 Å². The highest BCUT2D eigenvalue weighted by molar-refractivity contribution is 5.91. The number of hydrogen-bond acceptors (Lipinski definition) is 3. The third-order valence-electron chi connectivity index (χ3n) is 3.42. The summed E-state index contributed by atoms with van der Waals surface area (Å²) in [6, 6.07) is 4.25. The molecule has 0 saturated carbocycles. The summed E-state index contributed by atoms with van der Waals surface area (Å²) < 4.78 is 19.2. The molecule has 0 radical (unpaired) electrons. The highest BCUT2D eigenvalue weighted by atomic mass is 19.1. The Kier molecular flexibility index (Phi) is 4.37. The van der Waals surface area contributed by atoms with Crippen LogP contribution in [-0.4, -0.2) is 29.8 Å². The number of piperidine rings is 1. The largest absolute Gasteiger partial charge is 0.488 e. The van der Waals surface area contributed by atoms with E-state index in [0.29, 0.717) is 0 Å². The van der Waals surface area contributed by atoms with Crippen LogP contribution in [0, 0.1) is 5.82 Å². The Hall–Kier alpha value is -1.62. The molecule has 2 unspecified atom stereocenters. The Labute approximate surface area is 111 Å². The molecule has 0 aromatic heterocycles. The molecule has 1 aliphatic heterocycles. The molecule has 1 heterocycles. The van der Waals surface area contributed by atoms with Crippen LogP contribution in [0.4, 0.5) is 4.39 Å². The van der Waals surface area contributed by atoms with E-state index in [9.17, 15) is 9.18 Å². The Morgan fingerprint density at radius 3 is 2.95 bits per heavy atom. The molecule has 0 bridgehead atoms. The van der Waals surface area contributed by atoms with Gasteiger partial charge in [0.2, 0.25) is 0 Å². The molecule has 5 heteroatoms. The van der Waals surface area contributed by atoms with Gasteiger partial charge in [-0.05, 0) is 38.4 Å². The lowest BCUT2D eigenvalue weighted by Gasteiger charge is -2.29. The van der Waals surface area contributed by atoms with Gasteiger partial charge in [0, 0.05) is 6.04 Å². The summed E-state index contributed by atoms with van der Waals surface area (Å²) in [7, 11) is 0. The van der Waals surface area contributed by atoms with Crippen LogP contribution in [0.3, 0.4) is 0 Å². The van der Waals surface area contributed by atoms with Gasteiger partial charge in [-0.2, -0.15) is 0 Å². The smallest absolute Gasteiger partial charge is 0.342 e. The van der Waals surface area contributed by atoms with Gasteiger partial charge in [-0.15, -0.1) is 0 Å². The van der Waals surface area contributed by atoms with E-state index in [0.717, 1.165) is 31.9 Å². The number of hydrogen-bond donors (Lipinski definition) is 2. The number of carboxylic acids is 1. The van der Waals surface area contributed by atoms with Crippen LogP contribution < -0.4 is 10.1 Å². The predicted molar refractivity (Wildman–Crippen MR) is 69.1 cm³/mol. The molecule has 0 spiro atoms. The average molecular weight is 267 g/mol. The summed E-state index contributed by atoms with van der Waals surface area (Å²) in [5.41, 5.74) is -0.398. The van der Waals surface area contributed by atoms with Gasteiger partial charge in [-0.25, -0.2) is 9.18 Å². The normalized spacial score (nSPS) is 20.8. The van der Waals surface area contributed by atoms with E-state index in [1.807, 2.05) is 6.92 Å². The molecule has 0 amide bonds. The maximum Gasteiger partial charge on any atom is 0.342 e. The molecular formula is C14H18FNO3. The van der Waals surface area contributed by atoms with Crippen molar-refractivity contribution in [3.8, 4) is 5.75 Å². The topological polar surface area (TPSA) is 58.6 Å². The van der Waals surface area contributed by atoms with Crippen molar-refractivity contribution in [1.29, 1.82) is 0 Å². The number of ether oxygens (including phenoxy) is 1. The van der Waals surface area contributed by atoms with Crippen molar-refractivity contribution in [2.24, 2.45) is 0 Å². The number of aromatic carboxylic acids is 1. The lowest BCUT2D eigenvalue weighted by atomic mass is 10.0. The van der Waals surface area contributed by atoms with Crippen molar-refractivity contribution >= 4 is 5.97 Å². The first-order valence-corrected chi connectivity index (χ1v) is 6.51. The summed E-state index contributed by atoms with van der Waals surface area (Å²) in [5.74, 6) is -1.99. The second-order valence-corrected chi connectivity index (χ2v) is 4.80. The van der Waals surface area contributed by atoms with Crippen LogP contribution >= 0.6 is 0 Å². The first kappa shape index (κ1) is 13.8. The predicted octanol–water partition coefficient (Wildman–Crippen LogP) is 2.43. The van der Waals surface area contributed by atoms with Gasteiger partial charge in [0.05, 0.1) is 0 Å². The standard InChI is InChI=1S/C14H18FNO3/c1-9(11-6-2-3-8-16-11)19-12-7-4-5-10(15)13(12)14(17)18/h4-5,7,9,11,16H,2-3,6,8H2,1H3,(H,17,18). The quantitative estimate of drug-likeness (QED) is 0.879. The fourth-order valence-corrected chi connectivity index (χ4v) is 2.37. The van der Waals surface area contributed by atoms with E-state index in [1.165, 1.54) is 12.1 Å². The fraction of sp³-hybridized carbons (Fsp3) is 0.500. The van der Waals surface area contributed by atoms with Gasteiger partial charge >= 0.3 is 5.97 Å². The minimum atomic E-state index is -1.31. The van der Waals surface area contributed by atoms with Crippen LogP contribution in [0.25, 0.3) is 0 Å². The summed E-state index contributed by atoms with van der Waals surface area (Å²) in [6.45, 7) is 2.81.